The van der Waals surface area contributed by atoms with E-state index in [2.05, 4.69) is 6.92 Å². The maximum atomic E-state index is 9.73. The summed E-state index contributed by atoms with van der Waals surface area (Å²) in [6, 6.07) is 0. The Morgan fingerprint density at radius 2 is 1.79 bits per heavy atom. The van der Waals surface area contributed by atoms with Crippen LogP contribution < -0.4 is 0 Å². The zero-order chi connectivity index (χ0) is 11.0. The summed E-state index contributed by atoms with van der Waals surface area (Å²) >= 11 is 0. The van der Waals surface area contributed by atoms with Crippen molar-refractivity contribution < 1.29 is 20.4 Å². The largest absolute Gasteiger partial charge is 0.394 e. The Kier molecular flexibility index (Phi) is 7.09. The Bertz CT molecular complexity index is 140. The Morgan fingerprint density at radius 1 is 1.14 bits per heavy atom. The summed E-state index contributed by atoms with van der Waals surface area (Å²) in [4.78, 5) is 0. The molecule has 0 radical (unpaired) electrons. The number of rotatable bonds is 8. The molecule has 2 atom stereocenters. The highest BCUT2D eigenvalue weighted by Gasteiger charge is 2.33. The van der Waals surface area contributed by atoms with Gasteiger partial charge in [0, 0.05) is 0 Å². The van der Waals surface area contributed by atoms with Crippen LogP contribution >= 0.6 is 0 Å². The highest BCUT2D eigenvalue weighted by Crippen LogP contribution is 2.19. The standard InChI is InChI=1S/C10H22O4/c1-2-3-4-5-6-10(14,8-12)9(13)7-11/h9,11-14H,2-8H2,1H3/t9-,10+/m1/s1. The Balaban J connectivity index is 3.86. The van der Waals surface area contributed by atoms with E-state index in [0.29, 0.717) is 6.42 Å². The Morgan fingerprint density at radius 3 is 2.21 bits per heavy atom. The topological polar surface area (TPSA) is 80.9 Å². The van der Waals surface area contributed by atoms with Crippen molar-refractivity contribution in [2.24, 2.45) is 0 Å². The molecule has 0 aliphatic carbocycles. The molecule has 86 valence electrons. The van der Waals surface area contributed by atoms with Crippen LogP contribution in [0.1, 0.15) is 39.0 Å². The van der Waals surface area contributed by atoms with Gasteiger partial charge in [-0.15, -0.1) is 0 Å². The number of hydrogen-bond acceptors (Lipinski definition) is 4. The van der Waals surface area contributed by atoms with Gasteiger partial charge in [0.1, 0.15) is 11.7 Å². The first-order valence-electron chi connectivity index (χ1n) is 5.23. The molecule has 4 nitrogen and oxygen atoms in total. The lowest BCUT2D eigenvalue weighted by molar-refractivity contribution is -0.125. The van der Waals surface area contributed by atoms with Crippen LogP contribution in [0, 0.1) is 0 Å². The average molecular weight is 206 g/mol. The number of unbranched alkanes of at least 4 members (excludes halogenated alkanes) is 3. The van der Waals surface area contributed by atoms with Gasteiger partial charge in [-0.1, -0.05) is 32.6 Å². The van der Waals surface area contributed by atoms with Gasteiger partial charge in [-0.25, -0.2) is 0 Å². The molecule has 0 aromatic heterocycles. The minimum atomic E-state index is -1.54. The molecule has 0 aromatic carbocycles. The number of aliphatic hydroxyl groups is 4. The Labute approximate surface area is 85.2 Å². The van der Waals surface area contributed by atoms with Gasteiger partial charge in [0.25, 0.3) is 0 Å². The third-order valence-electron chi connectivity index (χ3n) is 2.53. The quantitative estimate of drug-likeness (QED) is 0.422. The van der Waals surface area contributed by atoms with Gasteiger partial charge in [-0.05, 0) is 6.42 Å². The monoisotopic (exact) mass is 206 g/mol. The first-order chi connectivity index (χ1) is 6.60. The van der Waals surface area contributed by atoms with Crippen molar-refractivity contribution in [3.8, 4) is 0 Å². The van der Waals surface area contributed by atoms with Gasteiger partial charge in [-0.2, -0.15) is 0 Å². The highest BCUT2D eigenvalue weighted by atomic mass is 16.4. The van der Waals surface area contributed by atoms with Crippen molar-refractivity contribution in [3.63, 3.8) is 0 Å². The predicted octanol–water partition coefficient (Wildman–Crippen LogP) is 0.0334. The number of hydrogen-bond donors (Lipinski definition) is 4. The molecule has 0 saturated carbocycles. The normalized spacial score (nSPS) is 17.8. The summed E-state index contributed by atoms with van der Waals surface area (Å²) in [7, 11) is 0. The lowest BCUT2D eigenvalue weighted by Gasteiger charge is -2.30. The summed E-state index contributed by atoms with van der Waals surface area (Å²) in [5.41, 5.74) is -1.54. The van der Waals surface area contributed by atoms with Gasteiger partial charge in [-0.3, -0.25) is 0 Å². The highest BCUT2D eigenvalue weighted by molar-refractivity contribution is 4.85. The molecule has 0 heterocycles. The van der Waals surface area contributed by atoms with Crippen LogP contribution in [-0.4, -0.2) is 45.3 Å². The second-order valence-electron chi connectivity index (χ2n) is 3.77. The fourth-order valence-electron chi connectivity index (χ4n) is 1.38. The summed E-state index contributed by atoms with van der Waals surface area (Å²) in [6.45, 7) is 1.05. The van der Waals surface area contributed by atoms with E-state index in [0.717, 1.165) is 25.7 Å². The first kappa shape index (κ1) is 13.8. The van der Waals surface area contributed by atoms with Crippen molar-refractivity contribution in [2.45, 2.75) is 50.7 Å². The second kappa shape index (κ2) is 7.17. The molecule has 0 saturated heterocycles. The maximum Gasteiger partial charge on any atom is 0.116 e. The molecule has 14 heavy (non-hydrogen) atoms. The maximum absolute atomic E-state index is 9.73. The molecule has 0 rings (SSSR count). The summed E-state index contributed by atoms with van der Waals surface area (Å²) in [5, 5.41) is 36.6. The summed E-state index contributed by atoms with van der Waals surface area (Å²) in [6.07, 6.45) is 2.97. The molecule has 0 aromatic rings. The fourth-order valence-corrected chi connectivity index (χ4v) is 1.38. The lowest BCUT2D eigenvalue weighted by atomic mass is 9.91. The molecular formula is C10H22O4. The van der Waals surface area contributed by atoms with E-state index in [1.807, 2.05) is 0 Å². The van der Waals surface area contributed by atoms with E-state index in [1.54, 1.807) is 0 Å². The van der Waals surface area contributed by atoms with Gasteiger partial charge in [0.2, 0.25) is 0 Å². The molecule has 0 amide bonds. The van der Waals surface area contributed by atoms with Crippen LogP contribution in [0.3, 0.4) is 0 Å². The van der Waals surface area contributed by atoms with E-state index in [1.165, 1.54) is 0 Å². The molecule has 0 unspecified atom stereocenters. The van der Waals surface area contributed by atoms with Crippen LogP contribution in [0.4, 0.5) is 0 Å². The fraction of sp³-hybridized carbons (Fsp3) is 1.00. The van der Waals surface area contributed by atoms with Crippen LogP contribution in [0.5, 0.6) is 0 Å². The lowest BCUT2D eigenvalue weighted by Crippen LogP contribution is -2.47. The zero-order valence-electron chi connectivity index (χ0n) is 8.82. The van der Waals surface area contributed by atoms with Gasteiger partial charge in [0.15, 0.2) is 0 Å². The van der Waals surface area contributed by atoms with Crippen LogP contribution in [0.2, 0.25) is 0 Å². The summed E-state index contributed by atoms with van der Waals surface area (Å²) < 4.78 is 0. The second-order valence-corrected chi connectivity index (χ2v) is 3.77. The average Bonchev–Trinajstić information content (AvgIpc) is 2.22. The number of aliphatic hydroxyl groups excluding tert-OH is 3. The smallest absolute Gasteiger partial charge is 0.116 e. The molecule has 0 aliphatic rings. The SMILES string of the molecule is CCCCCC[C@](O)(CO)[C@H](O)CO. The van der Waals surface area contributed by atoms with Gasteiger partial charge >= 0.3 is 0 Å². The van der Waals surface area contributed by atoms with E-state index in [4.69, 9.17) is 10.2 Å². The predicted molar refractivity (Wildman–Crippen MR) is 53.9 cm³/mol. The van der Waals surface area contributed by atoms with E-state index in [-0.39, 0.29) is 0 Å². The van der Waals surface area contributed by atoms with E-state index >= 15 is 0 Å². The third kappa shape index (κ3) is 4.37. The first-order valence-corrected chi connectivity index (χ1v) is 5.23. The summed E-state index contributed by atoms with van der Waals surface area (Å²) in [5.74, 6) is 0. The third-order valence-corrected chi connectivity index (χ3v) is 2.53. The van der Waals surface area contributed by atoms with Crippen molar-refractivity contribution in [1.82, 2.24) is 0 Å². The molecular weight excluding hydrogens is 184 g/mol. The molecule has 4 N–H and O–H groups in total. The molecule has 0 aliphatic heterocycles. The van der Waals surface area contributed by atoms with Crippen LogP contribution in [-0.2, 0) is 0 Å². The van der Waals surface area contributed by atoms with Crippen molar-refractivity contribution in [1.29, 1.82) is 0 Å². The van der Waals surface area contributed by atoms with Crippen molar-refractivity contribution >= 4 is 0 Å². The van der Waals surface area contributed by atoms with Crippen LogP contribution in [0.15, 0.2) is 0 Å². The zero-order valence-corrected chi connectivity index (χ0v) is 8.82. The van der Waals surface area contributed by atoms with E-state index in [9.17, 15) is 10.2 Å². The molecule has 0 spiro atoms. The Hall–Kier alpha value is -0.160. The van der Waals surface area contributed by atoms with Crippen LogP contribution in [0.25, 0.3) is 0 Å². The van der Waals surface area contributed by atoms with Gasteiger partial charge < -0.3 is 20.4 Å². The molecule has 0 fully saturated rings. The van der Waals surface area contributed by atoms with Gasteiger partial charge in [0.05, 0.1) is 13.2 Å². The minimum Gasteiger partial charge on any atom is -0.394 e. The minimum absolute atomic E-state index is 0.325. The molecule has 0 bridgehead atoms. The molecule has 4 heteroatoms. The van der Waals surface area contributed by atoms with Crippen molar-refractivity contribution in [2.75, 3.05) is 13.2 Å². The van der Waals surface area contributed by atoms with E-state index < -0.39 is 24.9 Å². The van der Waals surface area contributed by atoms with Crippen molar-refractivity contribution in [3.05, 3.63) is 0 Å².